The van der Waals surface area contributed by atoms with E-state index in [1.54, 1.807) is 0 Å². The molecule has 3 aromatic carbocycles. The number of imidazole rings is 1. The first-order chi connectivity index (χ1) is 25.0. The normalized spacial score (nSPS) is 13.7. The molecule has 1 unspecified atom stereocenters. The maximum atomic E-state index is 13.5. The second-order valence-corrected chi connectivity index (χ2v) is 15.0. The van der Waals surface area contributed by atoms with Gasteiger partial charge in [0.2, 0.25) is 10.0 Å². The van der Waals surface area contributed by atoms with E-state index in [9.17, 15) is 66.3 Å². The number of benzene rings is 3. The Labute approximate surface area is 312 Å². The SMILES string of the molecule is CCC(C(=O)O)N(c1ccc(C[C@H](NS(=O)(=O)c2ccc(Br)cc2OC(F)(F)F)c2nc3cc(C(F)(F)F)ccc3[nH]2)cc1)S(N)(=O)=O.O=C(O)C(F)(F)F. The van der Waals surface area contributed by atoms with E-state index >= 15 is 0 Å². The van der Waals surface area contributed by atoms with E-state index in [2.05, 4.69) is 35.4 Å². The van der Waals surface area contributed by atoms with Crippen LogP contribution in [-0.4, -0.2) is 67.5 Å². The second-order valence-electron chi connectivity index (χ2n) is 10.9. The average molecular weight is 903 g/mol. The van der Waals surface area contributed by atoms with Crippen molar-refractivity contribution in [1.82, 2.24) is 14.7 Å². The van der Waals surface area contributed by atoms with Crippen LogP contribution >= 0.6 is 15.9 Å². The van der Waals surface area contributed by atoms with E-state index < -0.39 is 79.2 Å². The van der Waals surface area contributed by atoms with Gasteiger partial charge < -0.3 is 19.9 Å². The summed E-state index contributed by atoms with van der Waals surface area (Å²) in [5, 5.41) is 21.9. The molecule has 0 aliphatic heterocycles. The maximum absolute atomic E-state index is 13.5. The number of carboxylic acids is 2. The fourth-order valence-corrected chi connectivity index (χ4v) is 7.34. The molecule has 0 fully saturated rings. The van der Waals surface area contributed by atoms with Crippen LogP contribution in [-0.2, 0) is 42.4 Å². The van der Waals surface area contributed by atoms with Crippen LogP contribution in [0.25, 0.3) is 11.0 Å². The molecule has 1 heterocycles. The Morgan fingerprint density at radius 1 is 0.945 bits per heavy atom. The highest BCUT2D eigenvalue weighted by Gasteiger charge is 2.39. The molecule has 14 nitrogen and oxygen atoms in total. The van der Waals surface area contributed by atoms with Crippen LogP contribution in [0.2, 0.25) is 0 Å². The molecular formula is C29H25BrF9N5O9S2. The number of sulfonamides is 1. The van der Waals surface area contributed by atoms with Gasteiger partial charge in [-0.25, -0.2) is 37.2 Å². The zero-order valence-corrected chi connectivity index (χ0v) is 30.4. The van der Waals surface area contributed by atoms with E-state index in [4.69, 9.17) is 15.0 Å². The van der Waals surface area contributed by atoms with E-state index in [-0.39, 0.29) is 45.4 Å². The topological polar surface area (TPSA) is 222 Å². The molecule has 6 N–H and O–H groups in total. The average Bonchev–Trinajstić information content (AvgIpc) is 3.45. The number of nitrogens with zero attached hydrogens (tertiary/aromatic N) is 2. The van der Waals surface area contributed by atoms with Gasteiger partial charge in [0.25, 0.3) is 10.2 Å². The number of aliphatic carboxylic acids is 2. The minimum absolute atomic E-state index is 0.0526. The minimum Gasteiger partial charge on any atom is -0.480 e. The number of nitrogens with two attached hydrogens (primary N) is 1. The molecule has 55 heavy (non-hydrogen) atoms. The predicted molar refractivity (Wildman–Crippen MR) is 176 cm³/mol. The number of aromatic amines is 1. The number of anilines is 1. The van der Waals surface area contributed by atoms with Gasteiger partial charge in [-0.05, 0) is 66.9 Å². The molecule has 302 valence electrons. The van der Waals surface area contributed by atoms with Crippen molar-refractivity contribution in [2.45, 2.75) is 55.5 Å². The molecule has 0 aliphatic carbocycles. The van der Waals surface area contributed by atoms with Crippen LogP contribution in [0.4, 0.5) is 45.2 Å². The molecule has 2 atom stereocenters. The molecule has 26 heteroatoms. The molecule has 0 amide bonds. The Kier molecular flexibility index (Phi) is 13.5. The summed E-state index contributed by atoms with van der Waals surface area (Å²) in [5.41, 5.74) is -1.07. The lowest BCUT2D eigenvalue weighted by Gasteiger charge is -2.27. The molecule has 4 aromatic rings. The number of rotatable bonds is 12. The molecule has 0 aliphatic rings. The van der Waals surface area contributed by atoms with Gasteiger partial charge in [-0.3, -0.25) is 0 Å². The number of carboxylic acid groups (broad SMARTS) is 2. The molecular weight excluding hydrogens is 877 g/mol. The number of carbonyl (C=O) groups is 2. The molecule has 0 spiro atoms. The number of hydrogen-bond donors (Lipinski definition) is 5. The second kappa shape index (κ2) is 16.6. The van der Waals surface area contributed by atoms with E-state index in [1.807, 2.05) is 0 Å². The number of halogens is 10. The Bertz CT molecular complexity index is 2250. The number of aromatic nitrogens is 2. The lowest BCUT2D eigenvalue weighted by atomic mass is 10.1. The van der Waals surface area contributed by atoms with Crippen molar-refractivity contribution in [1.29, 1.82) is 0 Å². The summed E-state index contributed by atoms with van der Waals surface area (Å²) >= 11 is 2.95. The minimum atomic E-state index is -5.27. The summed E-state index contributed by atoms with van der Waals surface area (Å²) in [6.45, 7) is 1.42. The predicted octanol–water partition coefficient (Wildman–Crippen LogP) is 6.01. The summed E-state index contributed by atoms with van der Waals surface area (Å²) in [6.07, 6.45) is -15.6. The van der Waals surface area contributed by atoms with Crippen molar-refractivity contribution in [2.24, 2.45) is 5.14 Å². The van der Waals surface area contributed by atoms with Gasteiger partial charge in [0.15, 0.2) is 5.75 Å². The van der Waals surface area contributed by atoms with Gasteiger partial charge >= 0.3 is 30.7 Å². The first kappa shape index (κ1) is 44.7. The zero-order chi connectivity index (χ0) is 41.9. The maximum Gasteiger partial charge on any atom is 0.573 e. The largest absolute Gasteiger partial charge is 0.573 e. The number of nitrogens with one attached hydrogen (secondary N) is 2. The highest BCUT2D eigenvalue weighted by molar-refractivity contribution is 9.10. The van der Waals surface area contributed by atoms with Crippen molar-refractivity contribution in [3.05, 3.63) is 82.1 Å². The smallest absolute Gasteiger partial charge is 0.480 e. The Morgan fingerprint density at radius 2 is 1.53 bits per heavy atom. The van der Waals surface area contributed by atoms with Crippen LogP contribution in [0.1, 0.15) is 36.3 Å². The van der Waals surface area contributed by atoms with Gasteiger partial charge in [-0.2, -0.15) is 34.8 Å². The molecule has 0 bridgehead atoms. The Balaban J connectivity index is 0.00000106. The molecule has 0 radical (unpaired) electrons. The number of alkyl halides is 9. The summed E-state index contributed by atoms with van der Waals surface area (Å²) in [5.74, 6) is -5.55. The van der Waals surface area contributed by atoms with E-state index in [1.165, 1.54) is 31.2 Å². The quantitative estimate of drug-likeness (QED) is 0.104. The standard InChI is InChI=1S/C27H24BrF6N5O7S2.C2HF3O2/c1-2-21(25(40)41)39(48(35,44)45)17-7-3-14(4-8-17)11-20(24-36-18-9-5-15(26(29,30)31)12-19(18)37-24)38-47(42,43)23-10-6-16(28)13-22(23)46-27(32,33)34;3-2(4,5)1(6)7/h3-10,12-13,20-21,38H,2,11H2,1H3,(H,36,37)(H,40,41)(H2,35,44,45);(H,6,7)/t20-,21?;/m0./s1. The van der Waals surface area contributed by atoms with Gasteiger partial charge in [-0.1, -0.05) is 35.0 Å². The van der Waals surface area contributed by atoms with Crippen LogP contribution in [0.5, 0.6) is 5.75 Å². The van der Waals surface area contributed by atoms with E-state index in [0.717, 1.165) is 30.3 Å². The number of fused-ring (bicyclic) bond motifs is 1. The third kappa shape index (κ3) is 12.2. The van der Waals surface area contributed by atoms with Crippen molar-refractivity contribution >= 4 is 64.8 Å². The van der Waals surface area contributed by atoms with Crippen LogP contribution < -0.4 is 18.9 Å². The van der Waals surface area contributed by atoms with Crippen molar-refractivity contribution in [3.8, 4) is 5.75 Å². The van der Waals surface area contributed by atoms with Crippen molar-refractivity contribution < 1.29 is 80.9 Å². The van der Waals surface area contributed by atoms with Gasteiger partial charge in [0.1, 0.15) is 16.8 Å². The monoisotopic (exact) mass is 901 g/mol. The van der Waals surface area contributed by atoms with Crippen LogP contribution in [0, 0.1) is 0 Å². The third-order valence-corrected chi connectivity index (χ3v) is 10.00. The summed E-state index contributed by atoms with van der Waals surface area (Å²) in [4.78, 5) is 26.5. The summed E-state index contributed by atoms with van der Waals surface area (Å²) < 4.78 is 169. The highest BCUT2D eigenvalue weighted by atomic mass is 79.9. The number of H-pyrrole nitrogens is 1. The first-order valence-corrected chi connectivity index (χ1v) is 18.4. The van der Waals surface area contributed by atoms with Crippen molar-refractivity contribution in [3.63, 3.8) is 0 Å². The molecule has 1 aromatic heterocycles. The van der Waals surface area contributed by atoms with Gasteiger partial charge in [0.05, 0.1) is 28.3 Å². The Morgan fingerprint density at radius 3 is 2.00 bits per heavy atom. The fourth-order valence-electron chi connectivity index (χ4n) is 4.68. The third-order valence-electron chi connectivity index (χ3n) is 6.98. The first-order valence-electron chi connectivity index (χ1n) is 14.6. The van der Waals surface area contributed by atoms with Crippen LogP contribution in [0.15, 0.2) is 70.0 Å². The zero-order valence-electron chi connectivity index (χ0n) is 27.2. The Hall–Kier alpha value is -4.66. The van der Waals surface area contributed by atoms with Gasteiger partial charge in [0, 0.05) is 4.47 Å². The fraction of sp³-hybridized carbons (Fsp3) is 0.276. The summed E-state index contributed by atoms with van der Waals surface area (Å²) in [7, 11) is -9.47. The van der Waals surface area contributed by atoms with Gasteiger partial charge in [-0.15, -0.1) is 13.2 Å². The van der Waals surface area contributed by atoms with E-state index in [0.29, 0.717) is 10.4 Å². The lowest BCUT2D eigenvalue weighted by molar-refractivity contribution is -0.275. The number of hydrogen-bond acceptors (Lipinski definition) is 8. The van der Waals surface area contributed by atoms with Crippen molar-refractivity contribution in [2.75, 3.05) is 4.31 Å². The lowest BCUT2D eigenvalue weighted by Crippen LogP contribution is -2.48. The highest BCUT2D eigenvalue weighted by Crippen LogP contribution is 2.35. The summed E-state index contributed by atoms with van der Waals surface area (Å²) in [6, 6.07) is 7.23. The molecule has 0 saturated heterocycles. The van der Waals surface area contributed by atoms with Crippen LogP contribution in [0.3, 0.4) is 0 Å². The molecule has 0 saturated carbocycles. The number of ether oxygens (including phenoxy) is 1. The molecule has 4 rings (SSSR count).